The van der Waals surface area contributed by atoms with Crippen LogP contribution in [-0.2, 0) is 6.42 Å². The fourth-order valence-corrected chi connectivity index (χ4v) is 1.99. The average molecular weight is 266 g/mol. The van der Waals surface area contributed by atoms with Crippen LogP contribution in [0.15, 0.2) is 12.1 Å². The van der Waals surface area contributed by atoms with Crippen molar-refractivity contribution in [2.45, 2.75) is 52.2 Å². The number of hydrogen-bond acceptors (Lipinski definition) is 4. The fraction of sp³-hybridized carbons (Fsp3) is 0.571. The number of aromatic nitrogens is 1. The molecule has 2 unspecified atom stereocenters. The van der Waals surface area contributed by atoms with E-state index < -0.39 is 12.1 Å². The van der Waals surface area contributed by atoms with Gasteiger partial charge < -0.3 is 15.5 Å². The van der Waals surface area contributed by atoms with Crippen molar-refractivity contribution in [1.29, 1.82) is 0 Å². The number of carbonyl (C=O) groups is 1. The number of nitrogens with zero attached hydrogens (tertiary/aromatic N) is 1. The fourth-order valence-electron chi connectivity index (χ4n) is 1.99. The molecule has 0 amide bonds. The van der Waals surface area contributed by atoms with Crippen LogP contribution < -0.4 is 5.32 Å². The molecule has 1 rings (SSSR count). The summed E-state index contributed by atoms with van der Waals surface area (Å²) < 4.78 is 0. The molecule has 0 radical (unpaired) electrons. The van der Waals surface area contributed by atoms with Gasteiger partial charge >= 0.3 is 5.97 Å². The summed E-state index contributed by atoms with van der Waals surface area (Å²) in [5.74, 6) is -0.400. The first-order valence-electron chi connectivity index (χ1n) is 6.61. The minimum absolute atomic E-state index is 0.0334. The lowest BCUT2D eigenvalue weighted by molar-refractivity contribution is 0.0696. The molecule has 1 aromatic heterocycles. The predicted octanol–water partition coefficient (Wildman–Crippen LogP) is 2.30. The summed E-state index contributed by atoms with van der Waals surface area (Å²) in [5.41, 5.74) is 1.01. The van der Waals surface area contributed by atoms with E-state index in [2.05, 4.69) is 10.3 Å². The summed E-state index contributed by atoms with van der Waals surface area (Å²) in [6, 6.07) is 3.17. The Labute approximate surface area is 113 Å². The Kier molecular flexibility index (Phi) is 5.76. The SMILES string of the molecule is CCCc1cc(C(=O)O)cc(NC(C)CC(C)O)n1. The molecule has 5 heteroatoms. The quantitative estimate of drug-likeness (QED) is 0.705. The Hall–Kier alpha value is -1.62. The number of aromatic carboxylic acids is 1. The first-order chi connectivity index (χ1) is 8.92. The van der Waals surface area contributed by atoms with Crippen LogP contribution in [0.5, 0.6) is 0 Å². The maximum atomic E-state index is 11.1. The number of carboxylic acids is 1. The lowest BCUT2D eigenvalue weighted by Crippen LogP contribution is -2.21. The first-order valence-corrected chi connectivity index (χ1v) is 6.61. The van der Waals surface area contributed by atoms with Crippen LogP contribution in [0.4, 0.5) is 5.82 Å². The Balaban J connectivity index is 2.89. The molecule has 3 N–H and O–H groups in total. The van der Waals surface area contributed by atoms with E-state index in [9.17, 15) is 9.90 Å². The third kappa shape index (κ3) is 5.26. The molecule has 1 heterocycles. The molecule has 0 spiro atoms. The molecule has 0 aliphatic carbocycles. The van der Waals surface area contributed by atoms with E-state index >= 15 is 0 Å². The van der Waals surface area contributed by atoms with Crippen molar-refractivity contribution in [3.8, 4) is 0 Å². The van der Waals surface area contributed by atoms with Gasteiger partial charge in [0.1, 0.15) is 5.82 Å². The predicted molar refractivity (Wildman–Crippen MR) is 74.6 cm³/mol. The molecule has 0 aliphatic rings. The molecular weight excluding hydrogens is 244 g/mol. The number of hydrogen-bond donors (Lipinski definition) is 3. The normalized spacial score (nSPS) is 13.9. The highest BCUT2D eigenvalue weighted by Crippen LogP contribution is 2.14. The van der Waals surface area contributed by atoms with Crippen molar-refractivity contribution in [2.75, 3.05) is 5.32 Å². The molecule has 0 fully saturated rings. The minimum atomic E-state index is -0.953. The number of rotatable bonds is 7. The molecular formula is C14H22N2O3. The molecule has 0 bridgehead atoms. The van der Waals surface area contributed by atoms with E-state index in [0.717, 1.165) is 18.5 Å². The molecule has 19 heavy (non-hydrogen) atoms. The van der Waals surface area contributed by atoms with Crippen molar-refractivity contribution in [2.24, 2.45) is 0 Å². The zero-order valence-corrected chi connectivity index (χ0v) is 11.7. The van der Waals surface area contributed by atoms with Crippen LogP contribution in [0.2, 0.25) is 0 Å². The van der Waals surface area contributed by atoms with E-state index in [4.69, 9.17) is 5.11 Å². The first kappa shape index (κ1) is 15.4. The second kappa shape index (κ2) is 7.09. The van der Waals surface area contributed by atoms with E-state index in [-0.39, 0.29) is 11.6 Å². The Morgan fingerprint density at radius 1 is 1.42 bits per heavy atom. The van der Waals surface area contributed by atoms with E-state index in [1.165, 1.54) is 6.07 Å². The number of aliphatic hydroxyl groups is 1. The molecule has 0 saturated heterocycles. The van der Waals surface area contributed by atoms with Crippen molar-refractivity contribution in [1.82, 2.24) is 4.98 Å². The summed E-state index contributed by atoms with van der Waals surface area (Å²) in [5, 5.41) is 21.5. The highest BCUT2D eigenvalue weighted by Gasteiger charge is 2.11. The third-order valence-electron chi connectivity index (χ3n) is 2.72. The number of aryl methyl sites for hydroxylation is 1. The van der Waals surface area contributed by atoms with Crippen LogP contribution in [0, 0.1) is 0 Å². The Morgan fingerprint density at radius 2 is 2.11 bits per heavy atom. The summed E-state index contributed by atoms with van der Waals surface area (Å²) in [6.07, 6.45) is 1.85. The zero-order valence-electron chi connectivity index (χ0n) is 11.7. The van der Waals surface area contributed by atoms with Gasteiger partial charge in [-0.2, -0.15) is 0 Å². The van der Waals surface area contributed by atoms with Crippen LogP contribution in [0.25, 0.3) is 0 Å². The molecule has 2 atom stereocenters. The number of aliphatic hydroxyl groups excluding tert-OH is 1. The standard InChI is InChI=1S/C14H22N2O3/c1-4-5-12-7-11(14(18)19)8-13(16-12)15-9(2)6-10(3)17/h7-10,17H,4-6H2,1-3H3,(H,15,16)(H,18,19). The van der Waals surface area contributed by atoms with Gasteiger partial charge in [0.15, 0.2) is 0 Å². The molecule has 5 nitrogen and oxygen atoms in total. The van der Waals surface area contributed by atoms with Gasteiger partial charge in [0.2, 0.25) is 0 Å². The van der Waals surface area contributed by atoms with E-state index in [1.54, 1.807) is 13.0 Å². The van der Waals surface area contributed by atoms with Crippen LogP contribution in [0.1, 0.15) is 49.7 Å². The van der Waals surface area contributed by atoms with Crippen LogP contribution in [0.3, 0.4) is 0 Å². The van der Waals surface area contributed by atoms with E-state index in [1.807, 2.05) is 13.8 Å². The number of carboxylic acid groups (broad SMARTS) is 1. The van der Waals surface area contributed by atoms with Gasteiger partial charge in [-0.1, -0.05) is 13.3 Å². The van der Waals surface area contributed by atoms with Crippen molar-refractivity contribution >= 4 is 11.8 Å². The monoisotopic (exact) mass is 266 g/mol. The highest BCUT2D eigenvalue weighted by atomic mass is 16.4. The minimum Gasteiger partial charge on any atom is -0.478 e. The lowest BCUT2D eigenvalue weighted by Gasteiger charge is -2.17. The summed E-state index contributed by atoms with van der Waals surface area (Å²) >= 11 is 0. The maximum Gasteiger partial charge on any atom is 0.335 e. The molecule has 0 saturated carbocycles. The maximum absolute atomic E-state index is 11.1. The smallest absolute Gasteiger partial charge is 0.335 e. The van der Waals surface area contributed by atoms with E-state index in [0.29, 0.717) is 12.2 Å². The summed E-state index contributed by atoms with van der Waals surface area (Å²) in [6.45, 7) is 5.68. The summed E-state index contributed by atoms with van der Waals surface area (Å²) in [7, 11) is 0. The van der Waals surface area contributed by atoms with Crippen LogP contribution in [-0.4, -0.2) is 33.3 Å². The molecule has 0 aliphatic heterocycles. The summed E-state index contributed by atoms with van der Waals surface area (Å²) in [4.78, 5) is 15.5. The highest BCUT2D eigenvalue weighted by molar-refractivity contribution is 5.88. The van der Waals surface area contributed by atoms with Gasteiger partial charge in [-0.05, 0) is 38.8 Å². The zero-order chi connectivity index (χ0) is 14.4. The van der Waals surface area contributed by atoms with Gasteiger partial charge in [-0.25, -0.2) is 9.78 Å². The number of anilines is 1. The molecule has 0 aromatic carbocycles. The number of nitrogens with one attached hydrogen (secondary N) is 1. The van der Waals surface area contributed by atoms with Gasteiger partial charge in [0.05, 0.1) is 11.7 Å². The third-order valence-corrected chi connectivity index (χ3v) is 2.72. The van der Waals surface area contributed by atoms with Gasteiger partial charge in [0.25, 0.3) is 0 Å². The lowest BCUT2D eigenvalue weighted by atomic mass is 10.1. The van der Waals surface area contributed by atoms with Gasteiger partial charge in [0, 0.05) is 11.7 Å². The molecule has 106 valence electrons. The largest absolute Gasteiger partial charge is 0.478 e. The van der Waals surface area contributed by atoms with Gasteiger partial charge in [-0.3, -0.25) is 0 Å². The van der Waals surface area contributed by atoms with Crippen molar-refractivity contribution < 1.29 is 15.0 Å². The van der Waals surface area contributed by atoms with Crippen molar-refractivity contribution in [3.63, 3.8) is 0 Å². The topological polar surface area (TPSA) is 82.5 Å². The molecule has 1 aromatic rings. The Morgan fingerprint density at radius 3 is 2.63 bits per heavy atom. The average Bonchev–Trinajstić information content (AvgIpc) is 2.27. The van der Waals surface area contributed by atoms with Crippen LogP contribution >= 0.6 is 0 Å². The van der Waals surface area contributed by atoms with Gasteiger partial charge in [-0.15, -0.1) is 0 Å². The van der Waals surface area contributed by atoms with Crippen molar-refractivity contribution in [3.05, 3.63) is 23.4 Å². The number of pyridine rings is 1. The second-order valence-electron chi connectivity index (χ2n) is 4.92. The Bertz CT molecular complexity index is 433. The second-order valence-corrected chi connectivity index (χ2v) is 4.92.